The summed E-state index contributed by atoms with van der Waals surface area (Å²) in [4.78, 5) is 10.7. The van der Waals surface area contributed by atoms with Gasteiger partial charge in [-0.25, -0.2) is 0 Å². The van der Waals surface area contributed by atoms with Gasteiger partial charge in [0, 0.05) is 6.20 Å². The summed E-state index contributed by atoms with van der Waals surface area (Å²) < 4.78 is 1.91. The minimum Gasteiger partial charge on any atom is -0.312 e. The molecule has 1 aliphatic rings. The van der Waals surface area contributed by atoms with Crippen molar-refractivity contribution in [2.75, 3.05) is 6.54 Å². The van der Waals surface area contributed by atoms with Crippen molar-refractivity contribution >= 4 is 30.1 Å². The van der Waals surface area contributed by atoms with Crippen LogP contribution in [0.25, 0.3) is 0 Å². The van der Waals surface area contributed by atoms with Crippen LogP contribution < -0.4 is 0 Å². The fourth-order valence-corrected chi connectivity index (χ4v) is 1.50. The Morgan fingerprint density at radius 3 is 2.75 bits per heavy atom. The number of ketones is 1. The largest absolute Gasteiger partial charge is 0.312 e. The molecule has 4 heteroatoms. The fourth-order valence-electron chi connectivity index (χ4n) is 0.735. The number of halogens is 1. The van der Waals surface area contributed by atoms with Crippen molar-refractivity contribution in [3.8, 4) is 0 Å². The molecule has 12 heavy (non-hydrogen) atoms. The second-order valence-electron chi connectivity index (χ2n) is 2.56. The lowest BCUT2D eigenvalue weighted by Gasteiger charge is -2.18. The molecule has 0 unspecified atom stereocenters. The zero-order valence-electron chi connectivity index (χ0n) is 7.11. The lowest BCUT2D eigenvalue weighted by atomic mass is 10.3. The molecule has 0 saturated carbocycles. The van der Waals surface area contributed by atoms with Crippen molar-refractivity contribution in [2.24, 2.45) is 0 Å². The second kappa shape index (κ2) is 5.27. The molecule has 1 aliphatic heterocycles. The van der Waals surface area contributed by atoms with Crippen molar-refractivity contribution in [1.29, 1.82) is 0 Å². The Bertz CT molecular complexity index is 225. The highest BCUT2D eigenvalue weighted by atomic mass is 35.5. The van der Waals surface area contributed by atoms with Gasteiger partial charge in [0.1, 0.15) is 5.78 Å². The minimum absolute atomic E-state index is 0. The van der Waals surface area contributed by atoms with Crippen molar-refractivity contribution in [1.82, 2.24) is 4.31 Å². The third-order valence-corrected chi connectivity index (χ3v) is 2.25. The van der Waals surface area contributed by atoms with Crippen LogP contribution in [-0.4, -0.2) is 16.6 Å². The van der Waals surface area contributed by atoms with E-state index in [1.54, 1.807) is 18.9 Å². The number of nitrogens with zero attached hydrogens (tertiary/aromatic N) is 1. The molecule has 0 aromatic heterocycles. The van der Waals surface area contributed by atoms with Crippen molar-refractivity contribution < 1.29 is 4.79 Å². The molecule has 0 spiro atoms. The van der Waals surface area contributed by atoms with Gasteiger partial charge in [-0.05, 0) is 42.9 Å². The number of carbonyl (C=O) groups excluding carboxylic acids is 1. The van der Waals surface area contributed by atoms with Gasteiger partial charge in [-0.3, -0.25) is 4.79 Å². The van der Waals surface area contributed by atoms with Crippen molar-refractivity contribution in [2.45, 2.75) is 13.8 Å². The van der Waals surface area contributed by atoms with E-state index in [-0.39, 0.29) is 18.2 Å². The maximum Gasteiger partial charge on any atom is 0.150 e. The van der Waals surface area contributed by atoms with E-state index in [2.05, 4.69) is 0 Å². The SMILES string of the molecule is CC(=O)CN1C=CC(C)=CS1.Cl. The van der Waals surface area contributed by atoms with Gasteiger partial charge in [-0.1, -0.05) is 0 Å². The predicted molar refractivity (Wildman–Crippen MR) is 55.1 cm³/mol. The predicted octanol–water partition coefficient (Wildman–Crippen LogP) is 2.38. The summed E-state index contributed by atoms with van der Waals surface area (Å²) in [5, 5.41) is 2.03. The average molecular weight is 206 g/mol. The molecule has 68 valence electrons. The Balaban J connectivity index is 0.00000121. The minimum atomic E-state index is 0. The Hall–Kier alpha value is -0.410. The summed E-state index contributed by atoms with van der Waals surface area (Å²) in [5.41, 5.74) is 1.23. The van der Waals surface area contributed by atoms with E-state index >= 15 is 0 Å². The molecule has 2 nitrogen and oxygen atoms in total. The molecule has 0 N–H and O–H groups in total. The zero-order valence-corrected chi connectivity index (χ0v) is 8.74. The highest BCUT2D eigenvalue weighted by Gasteiger charge is 2.04. The molecule has 0 fully saturated rings. The number of carbonyl (C=O) groups is 1. The van der Waals surface area contributed by atoms with Crippen LogP contribution >= 0.6 is 24.4 Å². The molecule has 0 bridgehead atoms. The first-order valence-electron chi connectivity index (χ1n) is 3.46. The normalized spacial score (nSPS) is 15.2. The van der Waals surface area contributed by atoms with Crippen molar-refractivity contribution in [3.63, 3.8) is 0 Å². The van der Waals surface area contributed by atoms with Gasteiger partial charge < -0.3 is 4.31 Å². The highest BCUT2D eigenvalue weighted by Crippen LogP contribution is 2.19. The van der Waals surface area contributed by atoms with E-state index in [9.17, 15) is 4.79 Å². The molecule has 0 aromatic carbocycles. The highest BCUT2D eigenvalue weighted by molar-refractivity contribution is 8.00. The summed E-state index contributed by atoms with van der Waals surface area (Å²) in [6, 6.07) is 0. The third-order valence-electron chi connectivity index (χ3n) is 1.26. The van der Waals surface area contributed by atoms with Crippen LogP contribution in [0.2, 0.25) is 0 Å². The maximum atomic E-state index is 10.7. The number of hydrogen-bond donors (Lipinski definition) is 0. The van der Waals surface area contributed by atoms with Gasteiger partial charge in [-0.15, -0.1) is 12.4 Å². The van der Waals surface area contributed by atoms with Crippen molar-refractivity contribution in [3.05, 3.63) is 23.3 Å². The Labute approximate surface area is 83.2 Å². The van der Waals surface area contributed by atoms with E-state index in [0.717, 1.165) is 0 Å². The molecule has 0 aromatic rings. The molecular formula is C8H12ClNOS. The quantitative estimate of drug-likeness (QED) is 0.646. The van der Waals surface area contributed by atoms with Gasteiger partial charge >= 0.3 is 0 Å². The van der Waals surface area contributed by atoms with Crippen LogP contribution in [-0.2, 0) is 4.79 Å². The molecule has 0 radical (unpaired) electrons. The zero-order chi connectivity index (χ0) is 8.27. The summed E-state index contributed by atoms with van der Waals surface area (Å²) in [6.45, 7) is 4.12. The molecule has 0 atom stereocenters. The van der Waals surface area contributed by atoms with E-state index in [0.29, 0.717) is 6.54 Å². The summed E-state index contributed by atoms with van der Waals surface area (Å²) in [7, 11) is 0. The summed E-state index contributed by atoms with van der Waals surface area (Å²) >= 11 is 1.56. The van der Waals surface area contributed by atoms with Gasteiger partial charge in [0.05, 0.1) is 6.54 Å². The van der Waals surface area contributed by atoms with Gasteiger partial charge in [0.25, 0.3) is 0 Å². The van der Waals surface area contributed by atoms with Crippen LogP contribution in [0.3, 0.4) is 0 Å². The molecule has 0 amide bonds. The first-order valence-corrected chi connectivity index (χ1v) is 4.30. The molecule has 1 rings (SSSR count). The molecule has 1 heterocycles. The number of allylic oxidation sites excluding steroid dienone is 2. The van der Waals surface area contributed by atoms with Crippen LogP contribution in [0.5, 0.6) is 0 Å². The van der Waals surface area contributed by atoms with Crippen LogP contribution in [0.4, 0.5) is 0 Å². The molecular weight excluding hydrogens is 194 g/mol. The maximum absolute atomic E-state index is 10.7. The van der Waals surface area contributed by atoms with Crippen LogP contribution in [0, 0.1) is 0 Å². The smallest absolute Gasteiger partial charge is 0.150 e. The van der Waals surface area contributed by atoms with Crippen LogP contribution in [0.1, 0.15) is 13.8 Å². The molecule has 0 saturated heterocycles. The lowest BCUT2D eigenvalue weighted by molar-refractivity contribution is -0.116. The topological polar surface area (TPSA) is 20.3 Å². The summed E-state index contributed by atoms with van der Waals surface area (Å²) in [5.74, 6) is 0.190. The van der Waals surface area contributed by atoms with Gasteiger partial charge in [-0.2, -0.15) is 0 Å². The monoisotopic (exact) mass is 205 g/mol. The Morgan fingerprint density at radius 1 is 1.67 bits per heavy atom. The molecule has 0 aliphatic carbocycles. The third kappa shape index (κ3) is 3.83. The number of Topliss-reactive ketones (excluding diaryl/α,β-unsaturated/α-hetero) is 1. The van der Waals surface area contributed by atoms with Gasteiger partial charge in [0.15, 0.2) is 0 Å². The fraction of sp³-hybridized carbons (Fsp3) is 0.375. The van der Waals surface area contributed by atoms with E-state index in [1.165, 1.54) is 5.57 Å². The van der Waals surface area contributed by atoms with Gasteiger partial charge in [0.2, 0.25) is 0 Å². The number of rotatable bonds is 2. The second-order valence-corrected chi connectivity index (χ2v) is 3.48. The Kier molecular flexibility index (Phi) is 5.09. The first-order chi connectivity index (χ1) is 5.18. The van der Waals surface area contributed by atoms with Crippen LogP contribution in [0.15, 0.2) is 23.3 Å². The lowest BCUT2D eigenvalue weighted by Crippen LogP contribution is -2.16. The Morgan fingerprint density at radius 2 is 2.33 bits per heavy atom. The van der Waals surface area contributed by atoms with E-state index < -0.39 is 0 Å². The van der Waals surface area contributed by atoms with E-state index in [1.807, 2.05) is 28.9 Å². The standard InChI is InChI=1S/C8H11NOS.ClH/c1-7-3-4-9(11-6-7)5-8(2)10;/h3-4,6H,5H2,1-2H3;1H. The summed E-state index contributed by atoms with van der Waals surface area (Å²) in [6.07, 6.45) is 3.93. The first kappa shape index (κ1) is 11.6. The van der Waals surface area contributed by atoms with E-state index in [4.69, 9.17) is 0 Å². The number of hydrogen-bond acceptors (Lipinski definition) is 3. The average Bonchev–Trinajstić information content (AvgIpc) is 1.93.